The standard InChI is InChI=1S/C15H19NO/c1-13(17)5-6-14-7-9-15(10-8-14)16-11-3-2-4-12-16/h5-10H,2-4,11-12H2,1H3. The summed E-state index contributed by atoms with van der Waals surface area (Å²) < 4.78 is 0. The molecule has 2 heteroatoms. The molecule has 0 radical (unpaired) electrons. The van der Waals surface area contributed by atoms with Gasteiger partial charge in [0.1, 0.15) is 0 Å². The van der Waals surface area contributed by atoms with Gasteiger partial charge in [0.2, 0.25) is 0 Å². The van der Waals surface area contributed by atoms with Crippen molar-refractivity contribution in [1.29, 1.82) is 0 Å². The molecule has 0 spiro atoms. The number of rotatable bonds is 3. The largest absolute Gasteiger partial charge is 0.372 e. The van der Waals surface area contributed by atoms with Gasteiger partial charge < -0.3 is 4.90 Å². The summed E-state index contributed by atoms with van der Waals surface area (Å²) in [6, 6.07) is 8.43. The van der Waals surface area contributed by atoms with Crippen molar-refractivity contribution in [2.75, 3.05) is 18.0 Å². The second-order valence-electron chi connectivity index (χ2n) is 4.58. The van der Waals surface area contributed by atoms with Crippen molar-refractivity contribution >= 4 is 17.5 Å². The summed E-state index contributed by atoms with van der Waals surface area (Å²) in [5.74, 6) is 0.0881. The number of carbonyl (C=O) groups is 1. The third-order valence-corrected chi connectivity index (χ3v) is 3.12. The molecule has 1 fully saturated rings. The Bertz CT molecular complexity index is 399. The summed E-state index contributed by atoms with van der Waals surface area (Å²) >= 11 is 0. The van der Waals surface area contributed by atoms with Crippen LogP contribution in [-0.2, 0) is 4.79 Å². The second-order valence-corrected chi connectivity index (χ2v) is 4.58. The highest BCUT2D eigenvalue weighted by molar-refractivity contribution is 5.91. The Morgan fingerprint density at radius 1 is 1.12 bits per heavy atom. The number of benzene rings is 1. The lowest BCUT2D eigenvalue weighted by Gasteiger charge is -2.28. The molecule has 0 aliphatic carbocycles. The fraction of sp³-hybridized carbons (Fsp3) is 0.400. The first-order valence-electron chi connectivity index (χ1n) is 6.29. The van der Waals surface area contributed by atoms with Crippen LogP contribution in [0.25, 0.3) is 6.08 Å². The zero-order chi connectivity index (χ0) is 12.1. The van der Waals surface area contributed by atoms with Gasteiger partial charge in [-0.25, -0.2) is 0 Å². The molecule has 1 heterocycles. The quantitative estimate of drug-likeness (QED) is 0.741. The van der Waals surface area contributed by atoms with Gasteiger partial charge in [-0.2, -0.15) is 0 Å². The van der Waals surface area contributed by atoms with Gasteiger partial charge in [-0.15, -0.1) is 0 Å². The third kappa shape index (κ3) is 3.45. The smallest absolute Gasteiger partial charge is 0.152 e. The van der Waals surface area contributed by atoms with E-state index in [9.17, 15) is 4.79 Å². The molecule has 2 rings (SSSR count). The topological polar surface area (TPSA) is 20.3 Å². The van der Waals surface area contributed by atoms with Crippen LogP contribution in [0, 0.1) is 0 Å². The molecule has 0 saturated carbocycles. The van der Waals surface area contributed by atoms with E-state index in [1.807, 2.05) is 6.08 Å². The molecule has 1 aromatic rings. The van der Waals surface area contributed by atoms with Gasteiger partial charge in [-0.1, -0.05) is 18.2 Å². The first-order valence-corrected chi connectivity index (χ1v) is 6.29. The fourth-order valence-corrected chi connectivity index (χ4v) is 2.16. The number of hydrogen-bond donors (Lipinski definition) is 0. The number of allylic oxidation sites excluding steroid dienone is 1. The predicted octanol–water partition coefficient (Wildman–Crippen LogP) is 3.28. The summed E-state index contributed by atoms with van der Waals surface area (Å²) in [5.41, 5.74) is 2.38. The predicted molar refractivity (Wildman–Crippen MR) is 72.2 cm³/mol. The van der Waals surface area contributed by atoms with Crippen molar-refractivity contribution in [1.82, 2.24) is 0 Å². The summed E-state index contributed by atoms with van der Waals surface area (Å²) in [5, 5.41) is 0. The van der Waals surface area contributed by atoms with Crippen molar-refractivity contribution in [2.45, 2.75) is 26.2 Å². The van der Waals surface area contributed by atoms with Gasteiger partial charge in [-0.05, 0) is 50.0 Å². The number of ketones is 1. The van der Waals surface area contributed by atoms with Gasteiger partial charge >= 0.3 is 0 Å². The van der Waals surface area contributed by atoms with Gasteiger partial charge in [0.15, 0.2) is 5.78 Å². The van der Waals surface area contributed by atoms with E-state index in [1.54, 1.807) is 13.0 Å². The molecule has 90 valence electrons. The zero-order valence-corrected chi connectivity index (χ0v) is 10.4. The first kappa shape index (κ1) is 11.9. The van der Waals surface area contributed by atoms with Gasteiger partial charge in [0.25, 0.3) is 0 Å². The van der Waals surface area contributed by atoms with Crippen molar-refractivity contribution < 1.29 is 4.79 Å². The normalized spacial score (nSPS) is 16.4. The van der Waals surface area contributed by atoms with E-state index in [0.717, 1.165) is 5.56 Å². The average molecular weight is 229 g/mol. The Morgan fingerprint density at radius 2 is 1.76 bits per heavy atom. The molecule has 1 saturated heterocycles. The van der Waals surface area contributed by atoms with Crippen LogP contribution in [0.3, 0.4) is 0 Å². The molecule has 0 aromatic heterocycles. The van der Waals surface area contributed by atoms with Crippen LogP contribution in [0.4, 0.5) is 5.69 Å². The fourth-order valence-electron chi connectivity index (χ4n) is 2.16. The minimum atomic E-state index is 0.0881. The summed E-state index contributed by atoms with van der Waals surface area (Å²) in [6.07, 6.45) is 7.42. The van der Waals surface area contributed by atoms with Crippen LogP contribution in [0.5, 0.6) is 0 Å². The van der Waals surface area contributed by atoms with Crippen LogP contribution >= 0.6 is 0 Å². The minimum Gasteiger partial charge on any atom is -0.372 e. The Morgan fingerprint density at radius 3 is 2.35 bits per heavy atom. The molecule has 1 aromatic carbocycles. The maximum atomic E-state index is 10.8. The van der Waals surface area contributed by atoms with Crippen molar-refractivity contribution in [2.24, 2.45) is 0 Å². The van der Waals surface area contributed by atoms with Crippen LogP contribution < -0.4 is 4.90 Å². The lowest BCUT2D eigenvalue weighted by molar-refractivity contribution is -0.112. The minimum absolute atomic E-state index is 0.0881. The maximum absolute atomic E-state index is 10.8. The van der Waals surface area contributed by atoms with Crippen molar-refractivity contribution in [3.05, 3.63) is 35.9 Å². The molecule has 1 aliphatic heterocycles. The maximum Gasteiger partial charge on any atom is 0.152 e. The lowest BCUT2D eigenvalue weighted by Crippen LogP contribution is -2.29. The number of carbonyl (C=O) groups excluding carboxylic acids is 1. The number of nitrogens with zero attached hydrogens (tertiary/aromatic N) is 1. The van der Waals surface area contributed by atoms with E-state index in [0.29, 0.717) is 0 Å². The van der Waals surface area contributed by atoms with Gasteiger partial charge in [-0.3, -0.25) is 4.79 Å². The second kappa shape index (κ2) is 5.67. The number of anilines is 1. The van der Waals surface area contributed by atoms with E-state index in [2.05, 4.69) is 29.2 Å². The molecule has 0 atom stereocenters. The summed E-state index contributed by atoms with van der Waals surface area (Å²) in [7, 11) is 0. The third-order valence-electron chi connectivity index (χ3n) is 3.12. The first-order chi connectivity index (χ1) is 8.25. The molecular formula is C15H19NO. The van der Waals surface area contributed by atoms with E-state index in [1.165, 1.54) is 38.0 Å². The highest BCUT2D eigenvalue weighted by atomic mass is 16.1. The Labute approximate surface area is 103 Å². The van der Waals surface area contributed by atoms with E-state index in [4.69, 9.17) is 0 Å². The van der Waals surface area contributed by atoms with Crippen LogP contribution in [0.1, 0.15) is 31.7 Å². The van der Waals surface area contributed by atoms with Crippen LogP contribution in [0.15, 0.2) is 30.3 Å². The van der Waals surface area contributed by atoms with Crippen LogP contribution in [0.2, 0.25) is 0 Å². The molecule has 2 nitrogen and oxygen atoms in total. The lowest BCUT2D eigenvalue weighted by atomic mass is 10.1. The van der Waals surface area contributed by atoms with Crippen LogP contribution in [-0.4, -0.2) is 18.9 Å². The monoisotopic (exact) mass is 229 g/mol. The molecule has 0 bridgehead atoms. The Kier molecular flexibility index (Phi) is 3.97. The summed E-state index contributed by atoms with van der Waals surface area (Å²) in [4.78, 5) is 13.3. The van der Waals surface area contributed by atoms with Crippen molar-refractivity contribution in [3.8, 4) is 0 Å². The highest BCUT2D eigenvalue weighted by Crippen LogP contribution is 2.20. The van der Waals surface area contributed by atoms with Crippen molar-refractivity contribution in [3.63, 3.8) is 0 Å². The molecule has 0 unspecified atom stereocenters. The van der Waals surface area contributed by atoms with E-state index < -0.39 is 0 Å². The molecule has 17 heavy (non-hydrogen) atoms. The zero-order valence-electron chi connectivity index (χ0n) is 10.4. The summed E-state index contributed by atoms with van der Waals surface area (Å²) in [6.45, 7) is 3.91. The Hall–Kier alpha value is -1.57. The number of hydrogen-bond acceptors (Lipinski definition) is 2. The van der Waals surface area contributed by atoms with E-state index in [-0.39, 0.29) is 5.78 Å². The molecular weight excluding hydrogens is 210 g/mol. The molecule has 0 N–H and O–H groups in total. The Balaban J connectivity index is 2.04. The van der Waals surface area contributed by atoms with Gasteiger partial charge in [0, 0.05) is 18.8 Å². The molecule has 0 amide bonds. The molecule has 1 aliphatic rings. The van der Waals surface area contributed by atoms with Gasteiger partial charge in [0.05, 0.1) is 0 Å². The SMILES string of the molecule is CC(=O)C=Cc1ccc(N2CCCCC2)cc1. The highest BCUT2D eigenvalue weighted by Gasteiger charge is 2.09. The van der Waals surface area contributed by atoms with E-state index >= 15 is 0 Å². The number of piperidine rings is 1. The average Bonchev–Trinajstić information content (AvgIpc) is 2.38.